The van der Waals surface area contributed by atoms with Gasteiger partial charge in [0.05, 0.1) is 5.92 Å². The standard InChI is InChI=1S/C16H20O2/c1-6-14(15(17)18-16(3,4)5)12(2)13-10-8-7-9-11-13/h6-11,14H,1-2H2,3-5H3. The van der Waals surface area contributed by atoms with Crippen LogP contribution >= 0.6 is 0 Å². The first-order chi connectivity index (χ1) is 8.35. The van der Waals surface area contributed by atoms with Gasteiger partial charge in [0, 0.05) is 0 Å². The van der Waals surface area contributed by atoms with Gasteiger partial charge in [-0.3, -0.25) is 4.79 Å². The molecule has 0 spiro atoms. The Morgan fingerprint density at radius 3 is 2.28 bits per heavy atom. The van der Waals surface area contributed by atoms with E-state index in [0.717, 1.165) is 5.56 Å². The first-order valence-electron chi connectivity index (χ1n) is 5.95. The fourth-order valence-corrected chi connectivity index (χ4v) is 1.58. The van der Waals surface area contributed by atoms with Gasteiger partial charge in [-0.05, 0) is 31.9 Å². The molecule has 1 aromatic rings. The molecule has 0 radical (unpaired) electrons. The molecule has 0 fully saturated rings. The molecule has 0 saturated carbocycles. The van der Waals surface area contributed by atoms with Crippen LogP contribution in [0, 0.1) is 5.92 Å². The maximum atomic E-state index is 12.1. The lowest BCUT2D eigenvalue weighted by atomic mass is 9.94. The molecule has 0 aliphatic rings. The quantitative estimate of drug-likeness (QED) is 0.594. The van der Waals surface area contributed by atoms with Gasteiger partial charge in [0.25, 0.3) is 0 Å². The van der Waals surface area contributed by atoms with Crippen molar-refractivity contribution in [2.45, 2.75) is 26.4 Å². The number of ether oxygens (including phenoxy) is 1. The highest BCUT2D eigenvalue weighted by Gasteiger charge is 2.25. The van der Waals surface area contributed by atoms with Gasteiger partial charge in [-0.2, -0.15) is 0 Å². The normalized spacial score (nSPS) is 12.6. The third-order valence-electron chi connectivity index (χ3n) is 2.42. The molecule has 0 aliphatic heterocycles. The van der Waals surface area contributed by atoms with Crippen molar-refractivity contribution < 1.29 is 9.53 Å². The average molecular weight is 244 g/mol. The molecule has 2 nitrogen and oxygen atoms in total. The maximum Gasteiger partial charge on any atom is 0.317 e. The predicted molar refractivity (Wildman–Crippen MR) is 75.0 cm³/mol. The highest BCUT2D eigenvalue weighted by Crippen LogP contribution is 2.25. The van der Waals surface area contributed by atoms with Crippen LogP contribution in [0.3, 0.4) is 0 Å². The molecular formula is C16H20O2. The van der Waals surface area contributed by atoms with Crippen molar-refractivity contribution in [2.24, 2.45) is 5.92 Å². The predicted octanol–water partition coefficient (Wildman–Crippen LogP) is 3.84. The second kappa shape index (κ2) is 5.67. The molecule has 1 aromatic carbocycles. The SMILES string of the molecule is C=CC(C(=C)c1ccccc1)C(=O)OC(C)(C)C. The minimum Gasteiger partial charge on any atom is -0.459 e. The summed E-state index contributed by atoms with van der Waals surface area (Å²) in [5, 5.41) is 0. The van der Waals surface area contributed by atoms with Crippen molar-refractivity contribution in [1.29, 1.82) is 0 Å². The minimum absolute atomic E-state index is 0.314. The second-order valence-corrected chi connectivity index (χ2v) is 5.14. The molecule has 0 N–H and O–H groups in total. The highest BCUT2D eigenvalue weighted by molar-refractivity contribution is 5.89. The number of hydrogen-bond acceptors (Lipinski definition) is 2. The number of hydrogen-bond donors (Lipinski definition) is 0. The van der Waals surface area contributed by atoms with Crippen LogP contribution in [0.5, 0.6) is 0 Å². The summed E-state index contributed by atoms with van der Waals surface area (Å²) in [7, 11) is 0. The fraction of sp³-hybridized carbons (Fsp3) is 0.312. The van der Waals surface area contributed by atoms with Gasteiger partial charge in [-0.15, -0.1) is 6.58 Å². The van der Waals surface area contributed by atoms with Crippen molar-refractivity contribution in [1.82, 2.24) is 0 Å². The molecule has 0 heterocycles. The largest absolute Gasteiger partial charge is 0.459 e. The summed E-state index contributed by atoms with van der Waals surface area (Å²) in [6.07, 6.45) is 1.57. The lowest BCUT2D eigenvalue weighted by Gasteiger charge is -2.23. The lowest BCUT2D eigenvalue weighted by Crippen LogP contribution is -2.28. The monoisotopic (exact) mass is 244 g/mol. The zero-order valence-corrected chi connectivity index (χ0v) is 11.3. The fourth-order valence-electron chi connectivity index (χ4n) is 1.58. The van der Waals surface area contributed by atoms with Crippen molar-refractivity contribution >= 4 is 11.5 Å². The van der Waals surface area contributed by atoms with Crippen LogP contribution in [0.15, 0.2) is 49.6 Å². The van der Waals surface area contributed by atoms with Crippen LogP contribution in [0.2, 0.25) is 0 Å². The summed E-state index contributed by atoms with van der Waals surface area (Å²) in [6.45, 7) is 13.2. The van der Waals surface area contributed by atoms with E-state index in [9.17, 15) is 4.79 Å². The van der Waals surface area contributed by atoms with E-state index in [2.05, 4.69) is 13.2 Å². The van der Waals surface area contributed by atoms with Gasteiger partial charge >= 0.3 is 5.97 Å². The van der Waals surface area contributed by atoms with E-state index in [4.69, 9.17) is 4.74 Å². The summed E-state index contributed by atoms with van der Waals surface area (Å²) in [5.41, 5.74) is 1.13. The number of carbonyl (C=O) groups excluding carboxylic acids is 1. The number of benzene rings is 1. The Bertz CT molecular complexity index is 438. The topological polar surface area (TPSA) is 26.3 Å². The van der Waals surface area contributed by atoms with Crippen LogP contribution in [0.4, 0.5) is 0 Å². The van der Waals surface area contributed by atoms with Crippen molar-refractivity contribution in [3.05, 3.63) is 55.1 Å². The Kier molecular flexibility index (Phi) is 4.49. The average Bonchev–Trinajstić information content (AvgIpc) is 2.28. The first kappa shape index (κ1) is 14.2. The highest BCUT2D eigenvalue weighted by atomic mass is 16.6. The second-order valence-electron chi connectivity index (χ2n) is 5.14. The molecule has 0 aromatic heterocycles. The van der Waals surface area contributed by atoms with Gasteiger partial charge in [-0.25, -0.2) is 0 Å². The van der Waals surface area contributed by atoms with Gasteiger partial charge < -0.3 is 4.74 Å². The molecule has 0 amide bonds. The van der Waals surface area contributed by atoms with Gasteiger partial charge in [0.15, 0.2) is 0 Å². The molecule has 1 rings (SSSR count). The van der Waals surface area contributed by atoms with Crippen LogP contribution in [0.25, 0.3) is 5.57 Å². The molecule has 0 saturated heterocycles. The van der Waals surface area contributed by atoms with E-state index in [1.165, 1.54) is 0 Å². The van der Waals surface area contributed by atoms with Crippen molar-refractivity contribution in [3.8, 4) is 0 Å². The Balaban J connectivity index is 2.88. The van der Waals surface area contributed by atoms with Gasteiger partial charge in [0.2, 0.25) is 0 Å². The molecule has 0 bridgehead atoms. The van der Waals surface area contributed by atoms with Crippen LogP contribution < -0.4 is 0 Å². The Morgan fingerprint density at radius 1 is 1.28 bits per heavy atom. The Morgan fingerprint density at radius 2 is 1.83 bits per heavy atom. The van der Waals surface area contributed by atoms with E-state index in [1.807, 2.05) is 51.1 Å². The smallest absolute Gasteiger partial charge is 0.317 e. The van der Waals surface area contributed by atoms with Gasteiger partial charge in [-0.1, -0.05) is 43.0 Å². The van der Waals surface area contributed by atoms with E-state index in [1.54, 1.807) is 6.08 Å². The van der Waals surface area contributed by atoms with E-state index >= 15 is 0 Å². The molecular weight excluding hydrogens is 224 g/mol. The number of esters is 1. The molecule has 1 unspecified atom stereocenters. The van der Waals surface area contributed by atoms with Crippen LogP contribution in [-0.4, -0.2) is 11.6 Å². The zero-order chi connectivity index (χ0) is 13.8. The van der Waals surface area contributed by atoms with E-state index in [0.29, 0.717) is 5.57 Å². The molecule has 0 aliphatic carbocycles. The summed E-state index contributed by atoms with van der Waals surface area (Å²) < 4.78 is 5.36. The third-order valence-corrected chi connectivity index (χ3v) is 2.42. The van der Waals surface area contributed by atoms with Gasteiger partial charge in [0.1, 0.15) is 5.60 Å². The van der Waals surface area contributed by atoms with E-state index in [-0.39, 0.29) is 5.97 Å². The zero-order valence-electron chi connectivity index (χ0n) is 11.3. The van der Waals surface area contributed by atoms with Crippen LogP contribution in [-0.2, 0) is 9.53 Å². The van der Waals surface area contributed by atoms with Crippen molar-refractivity contribution in [2.75, 3.05) is 0 Å². The molecule has 1 atom stereocenters. The number of rotatable bonds is 4. The van der Waals surface area contributed by atoms with Crippen LogP contribution in [0.1, 0.15) is 26.3 Å². The lowest BCUT2D eigenvalue weighted by molar-refractivity contribution is -0.156. The minimum atomic E-state index is -0.508. The Hall–Kier alpha value is -1.83. The molecule has 96 valence electrons. The molecule has 2 heteroatoms. The third kappa shape index (κ3) is 3.88. The summed E-state index contributed by atoms with van der Waals surface area (Å²) in [5.74, 6) is -0.821. The first-order valence-corrected chi connectivity index (χ1v) is 5.95. The maximum absolute atomic E-state index is 12.1. The summed E-state index contributed by atoms with van der Waals surface area (Å²) in [6, 6.07) is 9.59. The summed E-state index contributed by atoms with van der Waals surface area (Å²) in [4.78, 5) is 12.1. The molecule has 18 heavy (non-hydrogen) atoms. The van der Waals surface area contributed by atoms with E-state index < -0.39 is 11.5 Å². The summed E-state index contributed by atoms with van der Waals surface area (Å²) >= 11 is 0. The van der Waals surface area contributed by atoms with Crippen molar-refractivity contribution in [3.63, 3.8) is 0 Å². The number of carbonyl (C=O) groups is 1. The Labute approximate surface area is 109 Å².